The van der Waals surface area contributed by atoms with Crippen molar-refractivity contribution in [3.8, 4) is 0 Å². The van der Waals surface area contributed by atoms with Gasteiger partial charge in [0, 0.05) is 6.42 Å². The molecule has 6 heteroatoms. The summed E-state index contributed by atoms with van der Waals surface area (Å²) in [7, 11) is -3.66. The van der Waals surface area contributed by atoms with E-state index in [1.165, 1.54) is 17.7 Å². The molecular formula is C16H19NO4S. The van der Waals surface area contributed by atoms with Gasteiger partial charge >= 0.3 is 5.97 Å². The topological polar surface area (TPSA) is 97.5 Å². The maximum absolute atomic E-state index is 11.2. The van der Waals surface area contributed by atoms with Crippen LogP contribution in [0.5, 0.6) is 0 Å². The van der Waals surface area contributed by atoms with Crippen LogP contribution in [0.1, 0.15) is 37.7 Å². The van der Waals surface area contributed by atoms with E-state index in [9.17, 15) is 13.2 Å². The summed E-state index contributed by atoms with van der Waals surface area (Å²) in [6.45, 7) is 0. The fourth-order valence-corrected chi connectivity index (χ4v) is 2.97. The number of allylic oxidation sites excluding steroid dienone is 4. The predicted molar refractivity (Wildman–Crippen MR) is 84.6 cm³/mol. The van der Waals surface area contributed by atoms with E-state index >= 15 is 0 Å². The SMILES string of the molecule is NS(=O)(=O)c1ccc(C2=CC=C(CCCC(=O)O)CC2)cc1. The highest BCUT2D eigenvalue weighted by atomic mass is 32.2. The van der Waals surface area contributed by atoms with Crippen molar-refractivity contribution < 1.29 is 18.3 Å². The molecule has 3 N–H and O–H groups in total. The standard InChI is InChI=1S/C16H19NO4S/c17-22(20,21)15-10-8-14(9-11-15)13-6-4-12(5-7-13)2-1-3-16(18)19/h4,6,8-11H,1-3,5,7H2,(H,18,19)(H2,17,20,21). The number of carbonyl (C=O) groups is 1. The zero-order valence-electron chi connectivity index (χ0n) is 12.2. The maximum Gasteiger partial charge on any atom is 0.303 e. The Morgan fingerprint density at radius 1 is 1.14 bits per heavy atom. The average molecular weight is 321 g/mol. The Hall–Kier alpha value is -1.92. The minimum atomic E-state index is -3.66. The van der Waals surface area contributed by atoms with Gasteiger partial charge in [0.2, 0.25) is 10.0 Å². The highest BCUT2D eigenvalue weighted by Crippen LogP contribution is 2.29. The minimum absolute atomic E-state index is 0.109. The van der Waals surface area contributed by atoms with Gasteiger partial charge in [-0.3, -0.25) is 4.79 Å². The Morgan fingerprint density at radius 2 is 1.82 bits per heavy atom. The number of carboxylic acids is 1. The summed E-state index contributed by atoms with van der Waals surface area (Å²) in [5.41, 5.74) is 3.38. The summed E-state index contributed by atoms with van der Waals surface area (Å²) in [6.07, 6.45) is 7.49. The van der Waals surface area contributed by atoms with Gasteiger partial charge in [-0.15, -0.1) is 0 Å². The lowest BCUT2D eigenvalue weighted by Crippen LogP contribution is -2.11. The highest BCUT2D eigenvalue weighted by Gasteiger charge is 2.11. The molecule has 0 spiro atoms. The van der Waals surface area contributed by atoms with E-state index in [-0.39, 0.29) is 11.3 Å². The van der Waals surface area contributed by atoms with Crippen molar-refractivity contribution in [1.29, 1.82) is 0 Å². The van der Waals surface area contributed by atoms with Crippen LogP contribution >= 0.6 is 0 Å². The summed E-state index contributed by atoms with van der Waals surface area (Å²) < 4.78 is 22.4. The molecule has 0 unspecified atom stereocenters. The van der Waals surface area contributed by atoms with E-state index in [2.05, 4.69) is 0 Å². The zero-order chi connectivity index (χ0) is 16.2. The van der Waals surface area contributed by atoms with Crippen LogP contribution in [-0.2, 0) is 14.8 Å². The fourth-order valence-electron chi connectivity index (χ4n) is 2.45. The number of nitrogens with two attached hydrogens (primary N) is 1. The van der Waals surface area contributed by atoms with Crippen LogP contribution in [-0.4, -0.2) is 19.5 Å². The second-order valence-electron chi connectivity index (χ2n) is 5.33. The largest absolute Gasteiger partial charge is 0.481 e. The zero-order valence-corrected chi connectivity index (χ0v) is 13.0. The lowest BCUT2D eigenvalue weighted by molar-refractivity contribution is -0.137. The maximum atomic E-state index is 11.2. The van der Waals surface area contributed by atoms with E-state index in [4.69, 9.17) is 10.2 Å². The van der Waals surface area contributed by atoms with Crippen molar-refractivity contribution >= 4 is 21.6 Å². The molecule has 1 aromatic carbocycles. The van der Waals surface area contributed by atoms with Gasteiger partial charge in [-0.2, -0.15) is 0 Å². The first-order valence-electron chi connectivity index (χ1n) is 7.10. The van der Waals surface area contributed by atoms with Crippen LogP contribution in [0.15, 0.2) is 46.9 Å². The summed E-state index contributed by atoms with van der Waals surface area (Å²) in [5.74, 6) is -0.761. The summed E-state index contributed by atoms with van der Waals surface area (Å²) >= 11 is 0. The monoisotopic (exact) mass is 321 g/mol. The Kier molecular flexibility index (Phi) is 5.15. The molecule has 1 aliphatic rings. The molecule has 0 radical (unpaired) electrons. The fraction of sp³-hybridized carbons (Fsp3) is 0.312. The van der Waals surface area contributed by atoms with Crippen molar-refractivity contribution in [3.05, 3.63) is 47.6 Å². The third-order valence-corrected chi connectivity index (χ3v) is 4.61. The van der Waals surface area contributed by atoms with Crippen LogP contribution in [0, 0.1) is 0 Å². The van der Waals surface area contributed by atoms with Crippen LogP contribution in [0.2, 0.25) is 0 Å². The second-order valence-corrected chi connectivity index (χ2v) is 6.89. The molecule has 118 valence electrons. The second kappa shape index (κ2) is 6.89. The van der Waals surface area contributed by atoms with Crippen LogP contribution in [0.3, 0.4) is 0 Å². The summed E-state index contributed by atoms with van der Waals surface area (Å²) in [4.78, 5) is 10.6. The van der Waals surface area contributed by atoms with Gasteiger partial charge in [0.15, 0.2) is 0 Å². The molecule has 5 nitrogen and oxygen atoms in total. The number of hydrogen-bond acceptors (Lipinski definition) is 3. The molecule has 0 aromatic heterocycles. The van der Waals surface area contributed by atoms with Crippen molar-refractivity contribution in [2.75, 3.05) is 0 Å². The van der Waals surface area contributed by atoms with Crippen molar-refractivity contribution in [2.45, 2.75) is 37.0 Å². The van der Waals surface area contributed by atoms with Crippen LogP contribution < -0.4 is 5.14 Å². The molecule has 0 fully saturated rings. The number of aliphatic carboxylic acids is 1. The Bertz CT molecular complexity index is 715. The Balaban J connectivity index is 2.03. The molecule has 0 amide bonds. The molecular weight excluding hydrogens is 302 g/mol. The number of carboxylic acid groups (broad SMARTS) is 1. The number of rotatable bonds is 6. The molecule has 2 rings (SSSR count). The van der Waals surface area contributed by atoms with Crippen LogP contribution in [0.25, 0.3) is 5.57 Å². The first-order chi connectivity index (χ1) is 10.4. The molecule has 0 aliphatic heterocycles. The van der Waals surface area contributed by atoms with Gasteiger partial charge in [-0.1, -0.05) is 29.9 Å². The Morgan fingerprint density at radius 3 is 2.32 bits per heavy atom. The van der Waals surface area contributed by atoms with Gasteiger partial charge in [0.05, 0.1) is 4.90 Å². The average Bonchev–Trinajstić information content (AvgIpc) is 2.47. The predicted octanol–water partition coefficient (Wildman–Crippen LogP) is 2.69. The number of hydrogen-bond donors (Lipinski definition) is 2. The first-order valence-corrected chi connectivity index (χ1v) is 8.64. The molecule has 0 saturated carbocycles. The lowest BCUT2D eigenvalue weighted by Gasteiger charge is -2.15. The number of benzene rings is 1. The third kappa shape index (κ3) is 4.54. The minimum Gasteiger partial charge on any atom is -0.481 e. The summed E-state index contributed by atoms with van der Waals surface area (Å²) in [5, 5.41) is 13.7. The quantitative estimate of drug-likeness (QED) is 0.841. The first kappa shape index (κ1) is 16.5. The molecule has 0 saturated heterocycles. The normalized spacial score (nSPS) is 15.1. The highest BCUT2D eigenvalue weighted by molar-refractivity contribution is 7.89. The van der Waals surface area contributed by atoms with E-state index in [1.807, 2.05) is 12.2 Å². The molecule has 0 bridgehead atoms. The van der Waals surface area contributed by atoms with Gasteiger partial charge < -0.3 is 5.11 Å². The van der Waals surface area contributed by atoms with Crippen molar-refractivity contribution in [1.82, 2.24) is 0 Å². The molecule has 1 aliphatic carbocycles. The van der Waals surface area contributed by atoms with Gasteiger partial charge in [0.1, 0.15) is 0 Å². The number of sulfonamides is 1. The van der Waals surface area contributed by atoms with Gasteiger partial charge in [-0.25, -0.2) is 13.6 Å². The lowest BCUT2D eigenvalue weighted by atomic mass is 9.91. The van der Waals surface area contributed by atoms with Gasteiger partial charge in [0.25, 0.3) is 0 Å². The smallest absolute Gasteiger partial charge is 0.303 e. The van der Waals surface area contributed by atoms with E-state index in [1.54, 1.807) is 12.1 Å². The molecule has 0 heterocycles. The van der Waals surface area contributed by atoms with E-state index in [0.29, 0.717) is 6.42 Å². The third-order valence-electron chi connectivity index (χ3n) is 3.68. The molecule has 22 heavy (non-hydrogen) atoms. The van der Waals surface area contributed by atoms with E-state index < -0.39 is 16.0 Å². The van der Waals surface area contributed by atoms with Crippen molar-refractivity contribution in [3.63, 3.8) is 0 Å². The van der Waals surface area contributed by atoms with Crippen molar-refractivity contribution in [2.24, 2.45) is 5.14 Å². The van der Waals surface area contributed by atoms with Crippen LogP contribution in [0.4, 0.5) is 0 Å². The van der Waals surface area contributed by atoms with E-state index in [0.717, 1.165) is 30.4 Å². The molecule has 0 atom stereocenters. The summed E-state index contributed by atoms with van der Waals surface area (Å²) in [6, 6.07) is 6.54. The van der Waals surface area contributed by atoms with Gasteiger partial charge in [-0.05, 0) is 49.0 Å². The number of primary sulfonamides is 1. The Labute approximate surface area is 130 Å². The molecule has 1 aromatic rings.